The van der Waals surface area contributed by atoms with Crippen molar-refractivity contribution >= 4 is 12.1 Å². The van der Waals surface area contributed by atoms with Crippen molar-refractivity contribution < 1.29 is 24.2 Å². The van der Waals surface area contributed by atoms with Crippen molar-refractivity contribution in [2.75, 3.05) is 14.2 Å². The molecule has 0 aromatic rings. The lowest BCUT2D eigenvalue weighted by Gasteiger charge is -2.01. The summed E-state index contributed by atoms with van der Waals surface area (Å²) in [6, 6.07) is 0. The van der Waals surface area contributed by atoms with E-state index in [9.17, 15) is 9.59 Å². The van der Waals surface area contributed by atoms with Crippen molar-refractivity contribution in [2.45, 2.75) is 84.0 Å². The molecule has 0 aliphatic rings. The predicted molar refractivity (Wildman–Crippen MR) is 88.1 cm³/mol. The van der Waals surface area contributed by atoms with Gasteiger partial charge < -0.3 is 14.6 Å². The van der Waals surface area contributed by atoms with Crippen molar-refractivity contribution in [2.24, 2.45) is 0 Å². The van der Waals surface area contributed by atoms with E-state index in [2.05, 4.69) is 16.4 Å². The van der Waals surface area contributed by atoms with Crippen molar-refractivity contribution in [1.82, 2.24) is 0 Å². The van der Waals surface area contributed by atoms with Crippen molar-refractivity contribution in [1.29, 1.82) is 0 Å². The van der Waals surface area contributed by atoms with E-state index in [-0.39, 0.29) is 0 Å². The molecule has 0 aromatic carbocycles. The SMILES string of the molecule is CCCCCCCCCCCCCC(=O)O.COC(=O)OC. The second-order valence-corrected chi connectivity index (χ2v) is 5.34. The molecule has 0 fully saturated rings. The summed E-state index contributed by atoms with van der Waals surface area (Å²) in [6.07, 6.45) is 13.7. The molecule has 132 valence electrons. The smallest absolute Gasteiger partial charge is 0.481 e. The first-order valence-corrected chi connectivity index (χ1v) is 8.42. The Morgan fingerprint density at radius 2 is 1.09 bits per heavy atom. The lowest BCUT2D eigenvalue weighted by molar-refractivity contribution is -0.137. The maximum atomic E-state index is 10.3. The molecule has 0 heterocycles. The maximum Gasteiger partial charge on any atom is 0.507 e. The van der Waals surface area contributed by atoms with Gasteiger partial charge in [-0.1, -0.05) is 71.1 Å². The van der Waals surface area contributed by atoms with Gasteiger partial charge in [0, 0.05) is 6.42 Å². The zero-order valence-corrected chi connectivity index (χ0v) is 14.6. The molecule has 0 aliphatic carbocycles. The molecule has 5 heteroatoms. The van der Waals surface area contributed by atoms with E-state index in [4.69, 9.17) is 5.11 Å². The number of carboxylic acid groups (broad SMARTS) is 1. The number of methoxy groups -OCH3 is 2. The quantitative estimate of drug-likeness (QED) is 0.397. The molecule has 1 N–H and O–H groups in total. The number of carboxylic acids is 1. The van der Waals surface area contributed by atoms with Gasteiger partial charge in [-0.25, -0.2) is 4.79 Å². The zero-order valence-electron chi connectivity index (χ0n) is 14.6. The van der Waals surface area contributed by atoms with Crippen LogP contribution >= 0.6 is 0 Å². The monoisotopic (exact) mass is 318 g/mol. The van der Waals surface area contributed by atoms with Gasteiger partial charge in [0.15, 0.2) is 0 Å². The number of ether oxygens (including phenoxy) is 2. The van der Waals surface area contributed by atoms with Gasteiger partial charge in [0.1, 0.15) is 0 Å². The minimum atomic E-state index is -0.657. The van der Waals surface area contributed by atoms with E-state index < -0.39 is 12.1 Å². The van der Waals surface area contributed by atoms with Gasteiger partial charge in [-0.15, -0.1) is 0 Å². The number of carbonyl (C=O) groups excluding carboxylic acids is 1. The molecule has 0 radical (unpaired) electrons. The molecular weight excluding hydrogens is 284 g/mol. The van der Waals surface area contributed by atoms with Gasteiger partial charge in [-0.05, 0) is 6.42 Å². The Hall–Kier alpha value is -1.26. The van der Waals surface area contributed by atoms with Gasteiger partial charge in [0.05, 0.1) is 14.2 Å². The Bertz CT molecular complexity index is 247. The Kier molecular flexibility index (Phi) is 20.6. The zero-order chi connectivity index (χ0) is 17.1. The Balaban J connectivity index is 0. The van der Waals surface area contributed by atoms with Gasteiger partial charge in [-0.3, -0.25) is 4.79 Å². The lowest BCUT2D eigenvalue weighted by Crippen LogP contribution is -1.97. The highest BCUT2D eigenvalue weighted by atomic mass is 16.7. The number of carbonyl (C=O) groups is 2. The lowest BCUT2D eigenvalue weighted by atomic mass is 10.1. The highest BCUT2D eigenvalue weighted by molar-refractivity contribution is 5.66. The van der Waals surface area contributed by atoms with Crippen molar-refractivity contribution in [3.05, 3.63) is 0 Å². The van der Waals surface area contributed by atoms with Crippen LogP contribution in [0.4, 0.5) is 4.79 Å². The van der Waals surface area contributed by atoms with E-state index in [1.165, 1.54) is 72.0 Å². The van der Waals surface area contributed by atoms with Crippen LogP contribution in [0.15, 0.2) is 0 Å². The van der Waals surface area contributed by atoms with Crippen molar-refractivity contribution in [3.63, 3.8) is 0 Å². The Morgan fingerprint density at radius 1 is 0.727 bits per heavy atom. The largest absolute Gasteiger partial charge is 0.507 e. The fraction of sp³-hybridized carbons (Fsp3) is 0.882. The van der Waals surface area contributed by atoms with Gasteiger partial charge in [0.2, 0.25) is 0 Å². The van der Waals surface area contributed by atoms with Crippen LogP contribution in [-0.2, 0) is 14.3 Å². The van der Waals surface area contributed by atoms with Crippen LogP contribution in [-0.4, -0.2) is 31.5 Å². The second kappa shape index (κ2) is 19.7. The second-order valence-electron chi connectivity index (χ2n) is 5.34. The summed E-state index contributed by atoms with van der Waals surface area (Å²) in [5.41, 5.74) is 0. The minimum Gasteiger partial charge on any atom is -0.481 e. The standard InChI is InChI=1S/C14H28O2.C3H6O3/c1-2-3-4-5-6-7-8-9-10-11-12-13-14(15)16;1-5-3(4)6-2/h2-13H2,1H3,(H,15,16);1-2H3. The van der Waals surface area contributed by atoms with Crippen LogP contribution in [0.25, 0.3) is 0 Å². The number of aliphatic carboxylic acids is 1. The summed E-state index contributed by atoms with van der Waals surface area (Å²) >= 11 is 0. The molecule has 0 aliphatic heterocycles. The van der Waals surface area contributed by atoms with Crippen LogP contribution in [0.3, 0.4) is 0 Å². The number of rotatable bonds is 12. The molecule has 0 spiro atoms. The first kappa shape index (κ1) is 23.0. The maximum absolute atomic E-state index is 10.3. The molecule has 0 aromatic heterocycles. The first-order valence-electron chi connectivity index (χ1n) is 8.42. The summed E-state index contributed by atoms with van der Waals surface area (Å²) in [4.78, 5) is 20.0. The number of unbranched alkanes of at least 4 members (excludes halogenated alkanes) is 10. The van der Waals surface area contributed by atoms with Crippen LogP contribution in [0, 0.1) is 0 Å². The molecule has 0 bridgehead atoms. The van der Waals surface area contributed by atoms with Crippen LogP contribution in [0.1, 0.15) is 84.0 Å². The highest BCUT2D eigenvalue weighted by Gasteiger charge is 1.96. The van der Waals surface area contributed by atoms with E-state index in [0.717, 1.165) is 12.8 Å². The summed E-state index contributed by atoms with van der Waals surface area (Å²) < 4.78 is 8.08. The Labute approximate surface area is 135 Å². The molecule has 5 nitrogen and oxygen atoms in total. The predicted octanol–water partition coefficient (Wildman–Crippen LogP) is 5.17. The van der Waals surface area contributed by atoms with E-state index in [1.54, 1.807) is 0 Å². The number of hydrogen-bond acceptors (Lipinski definition) is 4. The first-order chi connectivity index (χ1) is 10.6. The molecule has 0 amide bonds. The summed E-state index contributed by atoms with van der Waals surface area (Å²) in [5, 5.41) is 8.46. The van der Waals surface area contributed by atoms with Gasteiger partial charge >= 0.3 is 12.1 Å². The topological polar surface area (TPSA) is 72.8 Å². The fourth-order valence-corrected chi connectivity index (χ4v) is 2.02. The molecule has 0 atom stereocenters. The molecule has 22 heavy (non-hydrogen) atoms. The van der Waals surface area contributed by atoms with E-state index in [0.29, 0.717) is 6.42 Å². The Morgan fingerprint density at radius 3 is 1.36 bits per heavy atom. The summed E-state index contributed by atoms with van der Waals surface area (Å²) in [5.74, 6) is -0.657. The molecule has 0 saturated carbocycles. The third-order valence-corrected chi connectivity index (χ3v) is 3.33. The summed E-state index contributed by atoms with van der Waals surface area (Å²) in [6.45, 7) is 2.25. The minimum absolute atomic E-state index is 0.344. The molecule has 0 rings (SSSR count). The highest BCUT2D eigenvalue weighted by Crippen LogP contribution is 2.11. The summed E-state index contributed by atoms with van der Waals surface area (Å²) in [7, 11) is 2.51. The van der Waals surface area contributed by atoms with Crippen LogP contribution in [0.2, 0.25) is 0 Å². The normalized spacial score (nSPS) is 9.59. The van der Waals surface area contributed by atoms with Gasteiger partial charge in [-0.2, -0.15) is 0 Å². The van der Waals surface area contributed by atoms with Crippen LogP contribution < -0.4 is 0 Å². The number of hydrogen-bond donors (Lipinski definition) is 1. The third kappa shape index (κ3) is 23.8. The van der Waals surface area contributed by atoms with Crippen LogP contribution in [0.5, 0.6) is 0 Å². The molecule has 0 saturated heterocycles. The third-order valence-electron chi connectivity index (χ3n) is 3.33. The molecular formula is C17H34O5. The fourth-order valence-electron chi connectivity index (χ4n) is 2.02. The average molecular weight is 318 g/mol. The average Bonchev–Trinajstić information content (AvgIpc) is 2.52. The van der Waals surface area contributed by atoms with E-state index in [1.807, 2.05) is 0 Å². The van der Waals surface area contributed by atoms with Crippen molar-refractivity contribution in [3.8, 4) is 0 Å². The van der Waals surface area contributed by atoms with E-state index >= 15 is 0 Å². The molecule has 0 unspecified atom stereocenters. The van der Waals surface area contributed by atoms with Gasteiger partial charge in [0.25, 0.3) is 0 Å².